The van der Waals surface area contributed by atoms with Crippen molar-refractivity contribution in [2.45, 2.75) is 19.4 Å². The normalized spacial score (nSPS) is 24.8. The molecule has 1 aliphatic carbocycles. The van der Waals surface area contributed by atoms with E-state index in [2.05, 4.69) is 18.3 Å². The van der Waals surface area contributed by atoms with Crippen LogP contribution in [0.4, 0.5) is 0 Å². The highest BCUT2D eigenvalue weighted by Gasteiger charge is 2.39. The maximum absolute atomic E-state index is 8.64. The fourth-order valence-corrected chi connectivity index (χ4v) is 2.28. The number of benzene rings is 1. The molecule has 0 bridgehead atoms. The highest BCUT2D eigenvalue weighted by molar-refractivity contribution is 6.30. The van der Waals surface area contributed by atoms with Crippen LogP contribution in [0.2, 0.25) is 5.02 Å². The maximum Gasteiger partial charge on any atom is 0.0845 e. The molecule has 3 atom stereocenters. The Kier molecular flexibility index (Phi) is 3.48. The molecule has 1 fully saturated rings. The Morgan fingerprint density at radius 2 is 2.12 bits per heavy atom. The largest absolute Gasteiger partial charge is 0.297 e. The minimum atomic E-state index is 0.298. The van der Waals surface area contributed by atoms with Crippen LogP contribution in [-0.2, 0) is 0 Å². The van der Waals surface area contributed by atoms with E-state index in [-0.39, 0.29) is 0 Å². The van der Waals surface area contributed by atoms with Crippen molar-refractivity contribution in [3.8, 4) is 6.07 Å². The number of rotatable bonds is 4. The van der Waals surface area contributed by atoms with E-state index in [0.29, 0.717) is 18.5 Å². The summed E-state index contributed by atoms with van der Waals surface area (Å²) in [6.45, 7) is 2.65. The molecule has 0 aromatic heterocycles. The zero-order chi connectivity index (χ0) is 11.5. The monoisotopic (exact) mass is 234 g/mol. The fraction of sp³-hybridized carbons (Fsp3) is 0.462. The Bertz CT molecular complexity index is 393. The van der Waals surface area contributed by atoms with Crippen molar-refractivity contribution < 1.29 is 0 Å². The SMILES string of the molecule is CC1CC1C(NCC#N)c1ccc(Cl)cc1. The number of hydrogen-bond acceptors (Lipinski definition) is 2. The van der Waals surface area contributed by atoms with Crippen LogP contribution in [0.3, 0.4) is 0 Å². The van der Waals surface area contributed by atoms with Crippen molar-refractivity contribution in [1.29, 1.82) is 5.26 Å². The van der Waals surface area contributed by atoms with Gasteiger partial charge in [0, 0.05) is 11.1 Å². The second-order valence-electron chi connectivity index (χ2n) is 4.45. The van der Waals surface area contributed by atoms with Crippen LogP contribution in [-0.4, -0.2) is 6.54 Å². The zero-order valence-corrected chi connectivity index (χ0v) is 10.0. The van der Waals surface area contributed by atoms with Crippen molar-refractivity contribution in [1.82, 2.24) is 5.32 Å². The molecule has 84 valence electrons. The van der Waals surface area contributed by atoms with Gasteiger partial charge in [0.2, 0.25) is 0 Å². The minimum absolute atomic E-state index is 0.298. The van der Waals surface area contributed by atoms with Gasteiger partial charge < -0.3 is 0 Å². The van der Waals surface area contributed by atoms with Crippen molar-refractivity contribution in [2.75, 3.05) is 6.54 Å². The van der Waals surface area contributed by atoms with E-state index in [1.807, 2.05) is 24.3 Å². The molecule has 1 N–H and O–H groups in total. The Morgan fingerprint density at radius 1 is 1.50 bits per heavy atom. The van der Waals surface area contributed by atoms with E-state index in [0.717, 1.165) is 10.9 Å². The van der Waals surface area contributed by atoms with Crippen LogP contribution in [0.15, 0.2) is 24.3 Å². The highest BCUT2D eigenvalue weighted by Crippen LogP contribution is 2.46. The van der Waals surface area contributed by atoms with E-state index < -0.39 is 0 Å². The lowest BCUT2D eigenvalue weighted by Gasteiger charge is -2.17. The molecule has 3 heteroatoms. The highest BCUT2D eigenvalue weighted by atomic mass is 35.5. The average molecular weight is 235 g/mol. The first kappa shape index (κ1) is 11.4. The number of nitrogens with one attached hydrogen (secondary N) is 1. The van der Waals surface area contributed by atoms with E-state index in [1.165, 1.54) is 12.0 Å². The van der Waals surface area contributed by atoms with Gasteiger partial charge >= 0.3 is 0 Å². The smallest absolute Gasteiger partial charge is 0.0845 e. The second kappa shape index (κ2) is 4.86. The molecule has 2 rings (SSSR count). The predicted molar refractivity (Wildman–Crippen MR) is 65.1 cm³/mol. The molecule has 2 nitrogen and oxygen atoms in total. The van der Waals surface area contributed by atoms with Gasteiger partial charge in [-0.1, -0.05) is 30.7 Å². The van der Waals surface area contributed by atoms with E-state index in [4.69, 9.17) is 16.9 Å². The molecule has 1 aromatic carbocycles. The van der Waals surface area contributed by atoms with Crippen LogP contribution in [0.5, 0.6) is 0 Å². The second-order valence-corrected chi connectivity index (χ2v) is 4.88. The molecular weight excluding hydrogens is 220 g/mol. The fourth-order valence-electron chi connectivity index (χ4n) is 2.16. The lowest BCUT2D eigenvalue weighted by atomic mass is 10.0. The Morgan fingerprint density at radius 3 is 2.62 bits per heavy atom. The van der Waals surface area contributed by atoms with Crippen molar-refractivity contribution >= 4 is 11.6 Å². The molecule has 0 heterocycles. The van der Waals surface area contributed by atoms with Crippen LogP contribution in [0.1, 0.15) is 24.9 Å². The third kappa shape index (κ3) is 2.55. The standard InChI is InChI=1S/C13H15ClN2/c1-9-8-12(9)13(16-7-6-15)10-2-4-11(14)5-3-10/h2-5,9,12-13,16H,7-8H2,1H3. The first-order valence-electron chi connectivity index (χ1n) is 5.58. The summed E-state index contributed by atoms with van der Waals surface area (Å²) in [6.07, 6.45) is 1.24. The lowest BCUT2D eigenvalue weighted by Crippen LogP contribution is -2.23. The number of nitrogens with zero attached hydrogens (tertiary/aromatic N) is 1. The van der Waals surface area contributed by atoms with Crippen molar-refractivity contribution in [3.63, 3.8) is 0 Å². The first-order valence-corrected chi connectivity index (χ1v) is 5.96. The zero-order valence-electron chi connectivity index (χ0n) is 9.28. The van der Waals surface area contributed by atoms with Gasteiger partial charge in [-0.15, -0.1) is 0 Å². The number of halogens is 1. The maximum atomic E-state index is 8.64. The van der Waals surface area contributed by atoms with Gasteiger partial charge in [-0.05, 0) is 36.0 Å². The van der Waals surface area contributed by atoms with Crippen LogP contribution < -0.4 is 5.32 Å². The lowest BCUT2D eigenvalue weighted by molar-refractivity contribution is 0.487. The Labute approximate surface area is 101 Å². The van der Waals surface area contributed by atoms with Crippen molar-refractivity contribution in [2.24, 2.45) is 11.8 Å². The molecule has 0 amide bonds. The molecule has 0 saturated heterocycles. The molecule has 0 aliphatic heterocycles. The molecule has 3 unspecified atom stereocenters. The molecule has 16 heavy (non-hydrogen) atoms. The third-order valence-corrected chi connectivity index (χ3v) is 3.48. The van der Waals surface area contributed by atoms with Gasteiger partial charge in [0.1, 0.15) is 0 Å². The molecular formula is C13H15ClN2. The molecule has 1 aromatic rings. The topological polar surface area (TPSA) is 35.8 Å². The van der Waals surface area contributed by atoms with Gasteiger partial charge in [0.15, 0.2) is 0 Å². The van der Waals surface area contributed by atoms with E-state index in [1.54, 1.807) is 0 Å². The summed E-state index contributed by atoms with van der Waals surface area (Å²) in [6, 6.07) is 10.3. The minimum Gasteiger partial charge on any atom is -0.297 e. The van der Waals surface area contributed by atoms with Crippen molar-refractivity contribution in [3.05, 3.63) is 34.9 Å². The predicted octanol–water partition coefficient (Wildman–Crippen LogP) is 3.15. The molecule has 1 aliphatic rings. The number of hydrogen-bond donors (Lipinski definition) is 1. The van der Waals surface area contributed by atoms with Crippen LogP contribution in [0, 0.1) is 23.2 Å². The molecule has 0 spiro atoms. The van der Waals surface area contributed by atoms with Gasteiger partial charge in [-0.3, -0.25) is 5.32 Å². The van der Waals surface area contributed by atoms with Crippen LogP contribution in [0.25, 0.3) is 0 Å². The van der Waals surface area contributed by atoms with E-state index >= 15 is 0 Å². The molecule has 0 radical (unpaired) electrons. The number of nitriles is 1. The van der Waals surface area contributed by atoms with Gasteiger partial charge in [0.25, 0.3) is 0 Å². The summed E-state index contributed by atoms with van der Waals surface area (Å²) in [7, 11) is 0. The van der Waals surface area contributed by atoms with Gasteiger partial charge in [-0.2, -0.15) is 5.26 Å². The summed E-state index contributed by atoms with van der Waals surface area (Å²) in [5.74, 6) is 1.42. The van der Waals surface area contributed by atoms with Gasteiger partial charge in [-0.25, -0.2) is 0 Å². The molecule has 1 saturated carbocycles. The summed E-state index contributed by atoms with van der Waals surface area (Å²) in [5, 5.41) is 12.7. The Hall–Kier alpha value is -1.04. The quantitative estimate of drug-likeness (QED) is 0.813. The summed E-state index contributed by atoms with van der Waals surface area (Å²) >= 11 is 5.87. The summed E-state index contributed by atoms with van der Waals surface area (Å²) in [4.78, 5) is 0. The summed E-state index contributed by atoms with van der Waals surface area (Å²) < 4.78 is 0. The Balaban J connectivity index is 2.12. The third-order valence-electron chi connectivity index (χ3n) is 3.23. The van der Waals surface area contributed by atoms with Gasteiger partial charge in [0.05, 0.1) is 12.6 Å². The van der Waals surface area contributed by atoms with E-state index in [9.17, 15) is 0 Å². The van der Waals surface area contributed by atoms with Crippen LogP contribution >= 0.6 is 11.6 Å². The summed E-state index contributed by atoms with van der Waals surface area (Å²) in [5.41, 5.74) is 1.23. The average Bonchev–Trinajstić information content (AvgIpc) is 2.99. The first-order chi connectivity index (χ1) is 7.72.